The number of rotatable bonds is 4. The van der Waals surface area contributed by atoms with Gasteiger partial charge in [0.25, 0.3) is 5.91 Å². The summed E-state index contributed by atoms with van der Waals surface area (Å²) in [5.74, 6) is -0.525. The molecule has 3 aromatic heterocycles. The lowest BCUT2D eigenvalue weighted by atomic mass is 10.1. The molecule has 1 atom stereocenters. The van der Waals surface area contributed by atoms with Crippen molar-refractivity contribution >= 4 is 28.0 Å². The molecule has 138 valence electrons. The highest BCUT2D eigenvalue weighted by atomic mass is 19.1. The summed E-state index contributed by atoms with van der Waals surface area (Å²) in [6.07, 6.45) is 4.04. The Bertz CT molecular complexity index is 1160. The average molecular weight is 366 g/mol. The van der Waals surface area contributed by atoms with Crippen LogP contribution in [0.4, 0.5) is 4.39 Å². The number of H-pyrrole nitrogens is 1. The lowest BCUT2D eigenvalue weighted by Crippen LogP contribution is -2.31. The first-order valence-corrected chi connectivity index (χ1v) is 8.75. The van der Waals surface area contributed by atoms with E-state index in [-0.39, 0.29) is 17.8 Å². The molecule has 0 bridgehead atoms. The predicted octanol–water partition coefficient (Wildman–Crippen LogP) is 3.18. The normalized spacial score (nSPS) is 12.6. The largest absolute Gasteiger partial charge is 0.349 e. The van der Waals surface area contributed by atoms with Crippen LogP contribution in [0.25, 0.3) is 33.5 Å². The smallest absolute Gasteiger partial charge is 0.255 e. The van der Waals surface area contributed by atoms with E-state index in [1.165, 1.54) is 12.1 Å². The van der Waals surface area contributed by atoms with E-state index in [1.54, 1.807) is 30.2 Å². The summed E-state index contributed by atoms with van der Waals surface area (Å²) in [5.41, 5.74) is 3.23. The van der Waals surface area contributed by atoms with Crippen molar-refractivity contribution in [3.63, 3.8) is 0 Å². The van der Waals surface area contributed by atoms with Gasteiger partial charge in [0.15, 0.2) is 5.65 Å². The van der Waals surface area contributed by atoms with E-state index < -0.39 is 0 Å². The van der Waals surface area contributed by atoms with Gasteiger partial charge in [0.05, 0.1) is 17.3 Å². The number of fused-ring (bicyclic) bond motifs is 2. The van der Waals surface area contributed by atoms with Crippen LogP contribution in [0.1, 0.15) is 30.6 Å². The van der Waals surface area contributed by atoms with Crippen molar-refractivity contribution in [3.8, 4) is 11.4 Å². The molecule has 8 heteroatoms. The predicted molar refractivity (Wildman–Crippen MR) is 101 cm³/mol. The van der Waals surface area contributed by atoms with Crippen LogP contribution in [0.2, 0.25) is 0 Å². The third-order valence-electron chi connectivity index (χ3n) is 4.67. The number of halogens is 1. The number of aryl methyl sites for hydroxylation is 1. The first kappa shape index (κ1) is 17.1. The molecule has 0 saturated carbocycles. The Kier molecular flexibility index (Phi) is 4.10. The first-order valence-electron chi connectivity index (χ1n) is 8.75. The van der Waals surface area contributed by atoms with Gasteiger partial charge in [-0.05, 0) is 31.5 Å². The van der Waals surface area contributed by atoms with Gasteiger partial charge in [0.2, 0.25) is 0 Å². The number of nitrogens with one attached hydrogen (secondary N) is 2. The van der Waals surface area contributed by atoms with Crippen molar-refractivity contribution in [1.82, 2.24) is 30.0 Å². The Balaban J connectivity index is 1.82. The first-order chi connectivity index (χ1) is 13.0. The van der Waals surface area contributed by atoms with Gasteiger partial charge < -0.3 is 10.3 Å². The molecular formula is C19H19FN6O. The number of aromatic nitrogens is 5. The van der Waals surface area contributed by atoms with Gasteiger partial charge in [0.1, 0.15) is 22.7 Å². The Hall–Kier alpha value is -3.29. The van der Waals surface area contributed by atoms with Crippen molar-refractivity contribution in [1.29, 1.82) is 0 Å². The van der Waals surface area contributed by atoms with Crippen molar-refractivity contribution in [2.75, 3.05) is 0 Å². The number of hydrogen-bond acceptors (Lipinski definition) is 4. The number of amides is 1. The maximum Gasteiger partial charge on any atom is 0.255 e. The Morgan fingerprint density at radius 1 is 1.41 bits per heavy atom. The lowest BCUT2D eigenvalue weighted by molar-refractivity contribution is 0.0941. The van der Waals surface area contributed by atoms with E-state index in [1.807, 2.05) is 13.8 Å². The zero-order chi connectivity index (χ0) is 19.1. The topological polar surface area (TPSA) is 88.5 Å². The molecule has 0 aliphatic rings. The average Bonchev–Trinajstić information content (AvgIpc) is 3.22. The number of nitrogens with zero attached hydrogens (tertiary/aromatic N) is 4. The number of carbonyl (C=O) groups is 1. The van der Waals surface area contributed by atoms with Crippen LogP contribution in [0, 0.1) is 5.82 Å². The highest BCUT2D eigenvalue weighted by molar-refractivity contribution is 6.05. The molecule has 0 spiro atoms. The van der Waals surface area contributed by atoms with Crippen LogP contribution >= 0.6 is 0 Å². The number of aromatic amines is 1. The minimum absolute atomic E-state index is 0.0632. The standard InChI is InChI=1S/C19H19FN6O/c1-4-10(2)23-19(27)13-8-21-18-17(13)24-14(9-22-18)16-12-6-5-11(20)7-15(12)26(3)25-16/h5-10H,4H2,1-3H3,(H,21,22)(H,23,27)/t10-/m0/s1. The second-order valence-corrected chi connectivity index (χ2v) is 6.57. The highest BCUT2D eigenvalue weighted by Gasteiger charge is 2.18. The molecule has 4 rings (SSSR count). The van der Waals surface area contributed by atoms with E-state index >= 15 is 0 Å². The number of hydrogen-bond donors (Lipinski definition) is 2. The van der Waals surface area contributed by atoms with Gasteiger partial charge in [-0.25, -0.2) is 14.4 Å². The maximum absolute atomic E-state index is 13.6. The quantitative estimate of drug-likeness (QED) is 0.581. The summed E-state index contributed by atoms with van der Waals surface area (Å²) in [5, 5.41) is 8.17. The lowest BCUT2D eigenvalue weighted by Gasteiger charge is -2.10. The number of carbonyl (C=O) groups excluding carboxylic acids is 1. The van der Waals surface area contributed by atoms with Gasteiger partial charge in [-0.15, -0.1) is 0 Å². The number of benzene rings is 1. The minimum Gasteiger partial charge on any atom is -0.349 e. The monoisotopic (exact) mass is 366 g/mol. The van der Waals surface area contributed by atoms with Crippen LogP contribution in [-0.4, -0.2) is 36.7 Å². The van der Waals surface area contributed by atoms with Gasteiger partial charge in [-0.2, -0.15) is 5.10 Å². The molecule has 0 fully saturated rings. The fourth-order valence-corrected chi connectivity index (χ4v) is 3.00. The van der Waals surface area contributed by atoms with Gasteiger partial charge in [0, 0.05) is 24.7 Å². The molecule has 0 aliphatic heterocycles. The summed E-state index contributed by atoms with van der Waals surface area (Å²) >= 11 is 0. The second-order valence-electron chi connectivity index (χ2n) is 6.57. The summed E-state index contributed by atoms with van der Waals surface area (Å²) in [4.78, 5) is 24.5. The molecule has 1 amide bonds. The summed E-state index contributed by atoms with van der Waals surface area (Å²) in [6.45, 7) is 3.95. The zero-order valence-corrected chi connectivity index (χ0v) is 15.2. The van der Waals surface area contributed by atoms with E-state index in [9.17, 15) is 9.18 Å². The fraction of sp³-hybridized carbons (Fsp3) is 0.263. The van der Waals surface area contributed by atoms with E-state index in [0.717, 1.165) is 11.8 Å². The van der Waals surface area contributed by atoms with Crippen LogP contribution in [0.3, 0.4) is 0 Å². The summed E-state index contributed by atoms with van der Waals surface area (Å²) < 4.78 is 15.2. The van der Waals surface area contributed by atoms with Crippen LogP contribution in [0.15, 0.2) is 30.6 Å². The Labute approximate surface area is 154 Å². The maximum atomic E-state index is 13.6. The minimum atomic E-state index is -0.326. The SMILES string of the molecule is CC[C@H](C)NC(=O)c1c[nH]c2ncc(-c3nn(C)c4cc(F)ccc34)nc12. The van der Waals surface area contributed by atoms with Crippen molar-refractivity contribution < 1.29 is 9.18 Å². The third-order valence-corrected chi connectivity index (χ3v) is 4.67. The van der Waals surface area contributed by atoms with Crippen LogP contribution in [-0.2, 0) is 7.05 Å². The van der Waals surface area contributed by atoms with E-state index in [0.29, 0.717) is 33.6 Å². The fourth-order valence-electron chi connectivity index (χ4n) is 3.00. The van der Waals surface area contributed by atoms with Crippen molar-refractivity contribution in [2.24, 2.45) is 7.05 Å². The van der Waals surface area contributed by atoms with Crippen LogP contribution in [0.5, 0.6) is 0 Å². The molecule has 0 aliphatic carbocycles. The molecule has 4 aromatic rings. The van der Waals surface area contributed by atoms with Crippen LogP contribution < -0.4 is 5.32 Å². The van der Waals surface area contributed by atoms with Crippen molar-refractivity contribution in [2.45, 2.75) is 26.3 Å². The van der Waals surface area contributed by atoms with Crippen molar-refractivity contribution in [3.05, 3.63) is 42.0 Å². The highest BCUT2D eigenvalue weighted by Crippen LogP contribution is 2.28. The van der Waals surface area contributed by atoms with E-state index in [2.05, 4.69) is 25.4 Å². The second kappa shape index (κ2) is 6.46. The van der Waals surface area contributed by atoms with Gasteiger partial charge in [-0.1, -0.05) is 6.92 Å². The van der Waals surface area contributed by atoms with E-state index in [4.69, 9.17) is 0 Å². The molecule has 0 radical (unpaired) electrons. The molecule has 7 nitrogen and oxygen atoms in total. The van der Waals surface area contributed by atoms with Gasteiger partial charge in [-0.3, -0.25) is 9.48 Å². The molecule has 3 heterocycles. The zero-order valence-electron chi connectivity index (χ0n) is 15.2. The third kappa shape index (κ3) is 2.92. The Morgan fingerprint density at radius 3 is 3.00 bits per heavy atom. The summed E-state index contributed by atoms with van der Waals surface area (Å²) in [7, 11) is 1.75. The molecule has 0 saturated heterocycles. The molecule has 0 unspecified atom stereocenters. The Morgan fingerprint density at radius 2 is 2.22 bits per heavy atom. The molecule has 2 N–H and O–H groups in total. The summed E-state index contributed by atoms with van der Waals surface area (Å²) in [6, 6.07) is 4.56. The molecule has 1 aromatic carbocycles. The molecule has 27 heavy (non-hydrogen) atoms. The molecular weight excluding hydrogens is 347 g/mol. The van der Waals surface area contributed by atoms with Gasteiger partial charge >= 0.3 is 0 Å².